The average Bonchev–Trinajstić information content (AvgIpc) is 3.32. The number of carbonyl (C=O) groups excluding carboxylic acids is 1. The molecule has 0 atom stereocenters. The second kappa shape index (κ2) is 10.1. The summed E-state index contributed by atoms with van der Waals surface area (Å²) >= 11 is 12.1. The lowest BCUT2D eigenvalue weighted by Crippen LogP contribution is -2.22. The molecule has 174 valence electrons. The van der Waals surface area contributed by atoms with E-state index in [1.54, 1.807) is 41.3 Å². The Morgan fingerprint density at radius 2 is 1.74 bits per heavy atom. The van der Waals surface area contributed by atoms with E-state index >= 15 is 0 Å². The number of pyridine rings is 1. The zero-order valence-electron chi connectivity index (χ0n) is 18.5. The minimum Gasteiger partial charge on any atom is -0.365 e. The third kappa shape index (κ3) is 5.26. The van der Waals surface area contributed by atoms with Crippen molar-refractivity contribution in [2.75, 3.05) is 5.32 Å². The smallest absolute Gasteiger partial charge is 0.251 e. The first kappa shape index (κ1) is 22.8. The molecule has 0 aliphatic carbocycles. The van der Waals surface area contributed by atoms with Gasteiger partial charge in [-0.2, -0.15) is 0 Å². The van der Waals surface area contributed by atoms with Gasteiger partial charge in [0.1, 0.15) is 5.82 Å². The molecule has 0 radical (unpaired) electrons. The maximum atomic E-state index is 12.5. The van der Waals surface area contributed by atoms with Crippen LogP contribution in [-0.2, 0) is 13.1 Å². The largest absolute Gasteiger partial charge is 0.365 e. The molecule has 3 heterocycles. The van der Waals surface area contributed by atoms with Gasteiger partial charge >= 0.3 is 0 Å². The monoisotopic (exact) mass is 502 g/mol. The van der Waals surface area contributed by atoms with E-state index in [0.717, 1.165) is 28.0 Å². The summed E-state index contributed by atoms with van der Waals surface area (Å²) in [5.41, 5.74) is 4.94. The lowest BCUT2D eigenvalue weighted by molar-refractivity contribution is 0.0951. The van der Waals surface area contributed by atoms with E-state index < -0.39 is 0 Å². The molecule has 0 fully saturated rings. The minimum absolute atomic E-state index is 0.148. The molecule has 2 N–H and O–H groups in total. The zero-order valence-corrected chi connectivity index (χ0v) is 20.0. The molecule has 0 spiro atoms. The standard InChI is InChI=1S/C26H20Cl2N6O/c27-21-8-3-17(12-22(21)28)14-30-24-9-10-25-31-16-23(34(25)33-24)19-4-6-20(7-5-19)26(35)32-15-18-2-1-11-29-13-18/h1-13,16H,14-15H2,(H,30,33)(H,32,35). The molecule has 7 nitrogen and oxygen atoms in total. The molecule has 0 unspecified atom stereocenters. The van der Waals surface area contributed by atoms with Gasteiger partial charge in [-0.1, -0.05) is 47.5 Å². The van der Waals surface area contributed by atoms with Crippen LogP contribution < -0.4 is 10.6 Å². The van der Waals surface area contributed by atoms with Crippen molar-refractivity contribution in [3.05, 3.63) is 112 Å². The van der Waals surface area contributed by atoms with E-state index in [-0.39, 0.29) is 5.91 Å². The highest BCUT2D eigenvalue weighted by Gasteiger charge is 2.11. The number of nitrogens with one attached hydrogen (secondary N) is 2. The van der Waals surface area contributed by atoms with Gasteiger partial charge in [0.2, 0.25) is 0 Å². The van der Waals surface area contributed by atoms with Crippen molar-refractivity contribution >= 4 is 40.6 Å². The maximum absolute atomic E-state index is 12.5. The molecule has 0 saturated heterocycles. The fraction of sp³-hybridized carbons (Fsp3) is 0.0769. The summed E-state index contributed by atoms with van der Waals surface area (Å²) in [6, 6.07) is 20.4. The SMILES string of the molecule is O=C(NCc1cccnc1)c1ccc(-c2cnc3ccc(NCc4ccc(Cl)c(Cl)c4)nn23)cc1. The van der Waals surface area contributed by atoms with Crippen molar-refractivity contribution in [3.63, 3.8) is 0 Å². The molecule has 0 aliphatic heterocycles. The predicted octanol–water partition coefficient (Wildman–Crippen LogP) is 5.64. The van der Waals surface area contributed by atoms with E-state index in [1.807, 2.05) is 48.5 Å². The molecule has 3 aromatic heterocycles. The summed E-state index contributed by atoms with van der Waals surface area (Å²) in [5.74, 6) is 0.541. The van der Waals surface area contributed by atoms with Gasteiger partial charge in [0, 0.05) is 36.6 Å². The number of aromatic nitrogens is 4. The van der Waals surface area contributed by atoms with Gasteiger partial charge in [-0.15, -0.1) is 5.10 Å². The third-order valence-electron chi connectivity index (χ3n) is 5.44. The van der Waals surface area contributed by atoms with Crippen LogP contribution in [0.5, 0.6) is 0 Å². The summed E-state index contributed by atoms with van der Waals surface area (Å²) in [7, 11) is 0. The van der Waals surface area contributed by atoms with E-state index in [9.17, 15) is 4.79 Å². The number of hydrogen-bond donors (Lipinski definition) is 2. The Morgan fingerprint density at radius 1 is 0.886 bits per heavy atom. The number of hydrogen-bond acceptors (Lipinski definition) is 5. The number of nitrogens with zero attached hydrogens (tertiary/aromatic N) is 4. The lowest BCUT2D eigenvalue weighted by Gasteiger charge is -2.09. The van der Waals surface area contributed by atoms with Crippen molar-refractivity contribution in [2.24, 2.45) is 0 Å². The number of halogens is 2. The van der Waals surface area contributed by atoms with Crippen molar-refractivity contribution in [2.45, 2.75) is 13.1 Å². The van der Waals surface area contributed by atoms with Gasteiger partial charge in [0.05, 0.1) is 21.9 Å². The van der Waals surface area contributed by atoms with Crippen LogP contribution >= 0.6 is 23.2 Å². The lowest BCUT2D eigenvalue weighted by atomic mass is 10.1. The van der Waals surface area contributed by atoms with Gasteiger partial charge in [-0.3, -0.25) is 9.78 Å². The van der Waals surface area contributed by atoms with Crippen LogP contribution in [0.2, 0.25) is 10.0 Å². The third-order valence-corrected chi connectivity index (χ3v) is 6.18. The van der Waals surface area contributed by atoms with Crippen molar-refractivity contribution < 1.29 is 4.79 Å². The Hall–Kier alpha value is -3.94. The Kier molecular flexibility index (Phi) is 6.61. The summed E-state index contributed by atoms with van der Waals surface area (Å²) in [4.78, 5) is 21.0. The quantitative estimate of drug-likeness (QED) is 0.300. The van der Waals surface area contributed by atoms with Gasteiger partial charge < -0.3 is 10.6 Å². The van der Waals surface area contributed by atoms with E-state index in [0.29, 0.717) is 34.5 Å². The molecule has 1 amide bonds. The van der Waals surface area contributed by atoms with Crippen molar-refractivity contribution in [1.82, 2.24) is 24.9 Å². The first-order valence-corrected chi connectivity index (χ1v) is 11.6. The number of imidazole rings is 1. The average molecular weight is 503 g/mol. The second-order valence-corrected chi connectivity index (χ2v) is 8.67. The molecule has 5 aromatic rings. The first-order chi connectivity index (χ1) is 17.1. The van der Waals surface area contributed by atoms with E-state index in [4.69, 9.17) is 23.2 Å². The normalized spacial score (nSPS) is 10.9. The molecule has 2 aromatic carbocycles. The molecule has 5 rings (SSSR count). The van der Waals surface area contributed by atoms with Crippen LogP contribution in [0.15, 0.2) is 85.3 Å². The number of benzene rings is 2. The molecule has 0 bridgehead atoms. The second-order valence-electron chi connectivity index (χ2n) is 7.86. The topological polar surface area (TPSA) is 84.2 Å². The van der Waals surface area contributed by atoms with Gasteiger partial charge in [0.15, 0.2) is 5.65 Å². The molecular formula is C26H20Cl2N6O. The Labute approximate surface area is 211 Å². The highest BCUT2D eigenvalue weighted by atomic mass is 35.5. The van der Waals surface area contributed by atoms with Crippen LogP contribution in [0, 0.1) is 0 Å². The highest BCUT2D eigenvalue weighted by molar-refractivity contribution is 6.42. The van der Waals surface area contributed by atoms with Crippen LogP contribution in [0.3, 0.4) is 0 Å². The summed E-state index contributed by atoms with van der Waals surface area (Å²) in [6.45, 7) is 0.964. The van der Waals surface area contributed by atoms with Gasteiger partial charge in [-0.05, 0) is 53.6 Å². The first-order valence-electron chi connectivity index (χ1n) is 10.9. The number of amides is 1. The van der Waals surface area contributed by atoms with Gasteiger partial charge in [-0.25, -0.2) is 9.50 Å². The Morgan fingerprint density at radius 3 is 2.51 bits per heavy atom. The molecule has 9 heteroatoms. The van der Waals surface area contributed by atoms with Crippen LogP contribution in [-0.4, -0.2) is 25.5 Å². The zero-order chi connectivity index (χ0) is 24.2. The fourth-order valence-electron chi connectivity index (χ4n) is 3.59. The molecule has 0 aliphatic rings. The van der Waals surface area contributed by atoms with Gasteiger partial charge in [0.25, 0.3) is 5.91 Å². The van der Waals surface area contributed by atoms with Crippen LogP contribution in [0.4, 0.5) is 5.82 Å². The van der Waals surface area contributed by atoms with Crippen molar-refractivity contribution in [3.8, 4) is 11.3 Å². The van der Waals surface area contributed by atoms with E-state index in [2.05, 4.69) is 25.7 Å². The minimum atomic E-state index is -0.148. The summed E-state index contributed by atoms with van der Waals surface area (Å²) in [6.07, 6.45) is 5.20. The Bertz CT molecular complexity index is 1490. The summed E-state index contributed by atoms with van der Waals surface area (Å²) in [5, 5.41) is 11.9. The van der Waals surface area contributed by atoms with Crippen LogP contribution in [0.1, 0.15) is 21.5 Å². The van der Waals surface area contributed by atoms with Crippen LogP contribution in [0.25, 0.3) is 16.9 Å². The maximum Gasteiger partial charge on any atom is 0.251 e. The van der Waals surface area contributed by atoms with Crippen molar-refractivity contribution in [1.29, 1.82) is 0 Å². The number of fused-ring (bicyclic) bond motifs is 1. The molecular weight excluding hydrogens is 483 g/mol. The Balaban J connectivity index is 1.30. The summed E-state index contributed by atoms with van der Waals surface area (Å²) < 4.78 is 1.77. The molecule has 35 heavy (non-hydrogen) atoms. The van der Waals surface area contributed by atoms with E-state index in [1.165, 1.54) is 0 Å². The highest BCUT2D eigenvalue weighted by Crippen LogP contribution is 2.24. The number of rotatable bonds is 7. The fourth-order valence-corrected chi connectivity index (χ4v) is 3.91. The predicted molar refractivity (Wildman–Crippen MR) is 138 cm³/mol. The molecule has 0 saturated carbocycles. The number of carbonyl (C=O) groups is 1. The number of anilines is 1.